The quantitative estimate of drug-likeness (QED) is 0.838. The van der Waals surface area contributed by atoms with Crippen LogP contribution in [0.1, 0.15) is 12.0 Å². The van der Waals surface area contributed by atoms with Gasteiger partial charge in [-0.2, -0.15) is 0 Å². The van der Waals surface area contributed by atoms with Crippen molar-refractivity contribution in [3.8, 4) is 18.1 Å². The van der Waals surface area contributed by atoms with Crippen molar-refractivity contribution in [2.75, 3.05) is 7.11 Å². The summed E-state index contributed by atoms with van der Waals surface area (Å²) in [5.41, 5.74) is -0.0341. The van der Waals surface area contributed by atoms with Crippen molar-refractivity contribution in [1.82, 2.24) is 0 Å². The maximum atomic E-state index is 10.8. The summed E-state index contributed by atoms with van der Waals surface area (Å²) in [6.07, 6.45) is 15.9. The van der Waals surface area contributed by atoms with E-state index in [1.54, 1.807) is 31.4 Å². The lowest BCUT2D eigenvalue weighted by Gasteiger charge is -2.24. The average molecular weight is 252 g/mol. The van der Waals surface area contributed by atoms with E-state index in [1.165, 1.54) is 0 Å². The molecule has 0 saturated carbocycles. The summed E-state index contributed by atoms with van der Waals surface area (Å²) in [6.45, 7) is 0. The van der Waals surface area contributed by atoms with Crippen molar-refractivity contribution >= 4 is 0 Å². The van der Waals surface area contributed by atoms with Crippen molar-refractivity contribution < 1.29 is 9.84 Å². The minimum atomic E-state index is -1.41. The highest BCUT2D eigenvalue weighted by molar-refractivity contribution is 5.48. The van der Waals surface area contributed by atoms with Gasteiger partial charge in [-0.05, 0) is 24.1 Å². The molecule has 96 valence electrons. The molecule has 0 radical (unpaired) electrons. The molecule has 0 aromatic heterocycles. The molecule has 0 fully saturated rings. The molecule has 2 heteroatoms. The molecule has 0 amide bonds. The molecule has 1 atom stereocenters. The second kappa shape index (κ2) is 5.60. The fraction of sp³-hybridized carbons (Fsp3) is 0.176. The second-order valence-corrected chi connectivity index (χ2v) is 4.27. The SMILES string of the molecule is C#CC(O)(C1=CCC=CC=C1)c1ccc(OC)cc1. The minimum Gasteiger partial charge on any atom is -0.497 e. The molecule has 0 aliphatic heterocycles. The third kappa shape index (κ3) is 2.62. The van der Waals surface area contributed by atoms with Crippen LogP contribution < -0.4 is 4.74 Å². The monoisotopic (exact) mass is 252 g/mol. The molecule has 1 aliphatic rings. The first-order chi connectivity index (χ1) is 9.20. The van der Waals surface area contributed by atoms with Crippen LogP contribution in [0, 0.1) is 12.3 Å². The minimum absolute atomic E-state index is 0.661. The molecule has 1 aliphatic carbocycles. The van der Waals surface area contributed by atoms with Crippen molar-refractivity contribution in [2.45, 2.75) is 12.0 Å². The van der Waals surface area contributed by atoms with Crippen LogP contribution in [0.3, 0.4) is 0 Å². The smallest absolute Gasteiger partial charge is 0.176 e. The molecular formula is C17H16O2. The van der Waals surface area contributed by atoms with Crippen LogP contribution in [0.2, 0.25) is 0 Å². The number of rotatable bonds is 3. The number of hydrogen-bond donors (Lipinski definition) is 1. The van der Waals surface area contributed by atoms with Gasteiger partial charge >= 0.3 is 0 Å². The zero-order chi connectivity index (χ0) is 13.7. The highest BCUT2D eigenvalue weighted by Gasteiger charge is 2.30. The van der Waals surface area contributed by atoms with Crippen LogP contribution >= 0.6 is 0 Å². The van der Waals surface area contributed by atoms with E-state index in [9.17, 15) is 5.11 Å². The molecule has 0 bridgehead atoms. The number of allylic oxidation sites excluding steroid dienone is 4. The first-order valence-corrected chi connectivity index (χ1v) is 6.09. The van der Waals surface area contributed by atoms with Gasteiger partial charge in [0.1, 0.15) is 5.75 Å². The van der Waals surface area contributed by atoms with Crippen LogP contribution in [0.15, 0.2) is 60.2 Å². The van der Waals surface area contributed by atoms with E-state index in [2.05, 4.69) is 5.92 Å². The van der Waals surface area contributed by atoms with Crippen LogP contribution in [0.5, 0.6) is 5.75 Å². The molecule has 1 unspecified atom stereocenters. The summed E-state index contributed by atoms with van der Waals surface area (Å²) >= 11 is 0. The largest absolute Gasteiger partial charge is 0.497 e. The van der Waals surface area contributed by atoms with Crippen molar-refractivity contribution in [2.24, 2.45) is 0 Å². The van der Waals surface area contributed by atoms with E-state index in [4.69, 9.17) is 11.2 Å². The Balaban J connectivity index is 2.41. The fourth-order valence-corrected chi connectivity index (χ4v) is 2.01. The molecule has 1 N–H and O–H groups in total. The summed E-state index contributed by atoms with van der Waals surface area (Å²) in [5.74, 6) is 3.23. The Morgan fingerprint density at radius 1 is 1.26 bits per heavy atom. The van der Waals surface area contributed by atoms with Crippen molar-refractivity contribution in [3.63, 3.8) is 0 Å². The van der Waals surface area contributed by atoms with Crippen LogP contribution in [-0.2, 0) is 5.60 Å². The fourth-order valence-electron chi connectivity index (χ4n) is 2.01. The van der Waals surface area contributed by atoms with Gasteiger partial charge in [-0.15, -0.1) is 6.42 Å². The Bertz CT molecular complexity index is 570. The summed E-state index contributed by atoms with van der Waals surface area (Å²) in [5, 5.41) is 10.8. The zero-order valence-electron chi connectivity index (χ0n) is 10.8. The van der Waals surface area contributed by atoms with E-state index in [1.807, 2.05) is 30.4 Å². The van der Waals surface area contributed by atoms with Crippen LogP contribution in [0.4, 0.5) is 0 Å². The highest BCUT2D eigenvalue weighted by Crippen LogP contribution is 2.32. The normalized spacial score (nSPS) is 17.0. The molecule has 2 rings (SSSR count). The maximum absolute atomic E-state index is 10.8. The van der Waals surface area contributed by atoms with E-state index >= 15 is 0 Å². The van der Waals surface area contributed by atoms with Gasteiger partial charge in [-0.25, -0.2) is 0 Å². The lowest BCUT2D eigenvalue weighted by molar-refractivity contribution is 0.144. The number of benzene rings is 1. The van der Waals surface area contributed by atoms with E-state index < -0.39 is 5.60 Å². The van der Waals surface area contributed by atoms with Gasteiger partial charge in [0.25, 0.3) is 0 Å². The summed E-state index contributed by atoms with van der Waals surface area (Å²) in [4.78, 5) is 0. The lowest BCUT2D eigenvalue weighted by atomic mass is 9.86. The van der Waals surface area contributed by atoms with Crippen LogP contribution in [-0.4, -0.2) is 12.2 Å². The third-order valence-corrected chi connectivity index (χ3v) is 3.13. The summed E-state index contributed by atoms with van der Waals surface area (Å²) < 4.78 is 5.11. The van der Waals surface area contributed by atoms with Crippen LogP contribution in [0.25, 0.3) is 0 Å². The third-order valence-electron chi connectivity index (χ3n) is 3.13. The van der Waals surface area contributed by atoms with Gasteiger partial charge in [0, 0.05) is 5.56 Å². The number of methoxy groups -OCH3 is 1. The predicted octanol–water partition coefficient (Wildman–Crippen LogP) is 2.96. The number of aliphatic hydroxyl groups is 1. The van der Waals surface area contributed by atoms with E-state index in [0.717, 1.165) is 12.2 Å². The molecular weight excluding hydrogens is 236 g/mol. The lowest BCUT2D eigenvalue weighted by Crippen LogP contribution is -2.25. The molecule has 0 spiro atoms. The standard InChI is InChI=1S/C17H16O2/c1-3-17(18,14-8-6-4-5-7-9-14)15-10-12-16(19-2)13-11-15/h1,4-6,8-13,18H,7H2,2H3. The van der Waals surface area contributed by atoms with Crippen molar-refractivity contribution in [1.29, 1.82) is 0 Å². The Labute approximate surface area is 113 Å². The van der Waals surface area contributed by atoms with Gasteiger partial charge in [0.2, 0.25) is 0 Å². The zero-order valence-corrected chi connectivity index (χ0v) is 10.8. The molecule has 0 saturated heterocycles. The molecule has 19 heavy (non-hydrogen) atoms. The Hall–Kier alpha value is -2.24. The number of terminal acetylenes is 1. The Morgan fingerprint density at radius 2 is 2.00 bits per heavy atom. The number of hydrogen-bond acceptors (Lipinski definition) is 2. The number of ether oxygens (including phenoxy) is 1. The maximum Gasteiger partial charge on any atom is 0.176 e. The molecule has 0 heterocycles. The predicted molar refractivity (Wildman–Crippen MR) is 76.7 cm³/mol. The van der Waals surface area contributed by atoms with Gasteiger partial charge in [-0.3, -0.25) is 0 Å². The molecule has 1 aromatic carbocycles. The van der Waals surface area contributed by atoms with Gasteiger partial charge in [-0.1, -0.05) is 48.4 Å². The van der Waals surface area contributed by atoms with E-state index in [0.29, 0.717) is 11.1 Å². The molecule has 1 aromatic rings. The van der Waals surface area contributed by atoms with Crippen molar-refractivity contribution in [3.05, 3.63) is 65.8 Å². The summed E-state index contributed by atoms with van der Waals surface area (Å²) in [6, 6.07) is 7.14. The molecule has 2 nitrogen and oxygen atoms in total. The first kappa shape index (κ1) is 13.2. The van der Waals surface area contributed by atoms with Gasteiger partial charge in [0.05, 0.1) is 7.11 Å². The van der Waals surface area contributed by atoms with Gasteiger partial charge < -0.3 is 9.84 Å². The summed E-state index contributed by atoms with van der Waals surface area (Å²) in [7, 11) is 1.60. The van der Waals surface area contributed by atoms with Gasteiger partial charge in [0.15, 0.2) is 5.60 Å². The Morgan fingerprint density at radius 3 is 2.63 bits per heavy atom. The second-order valence-electron chi connectivity index (χ2n) is 4.27. The Kier molecular flexibility index (Phi) is 3.89. The average Bonchev–Trinajstić information content (AvgIpc) is 2.76. The topological polar surface area (TPSA) is 29.5 Å². The highest BCUT2D eigenvalue weighted by atomic mass is 16.5. The first-order valence-electron chi connectivity index (χ1n) is 6.09. The van der Waals surface area contributed by atoms with E-state index in [-0.39, 0.29) is 0 Å².